The second kappa shape index (κ2) is 6.13. The molecule has 0 unspecified atom stereocenters. The van der Waals surface area contributed by atoms with Crippen molar-refractivity contribution in [2.24, 2.45) is 0 Å². The number of carboxylic acid groups (broad SMARTS) is 1. The van der Waals surface area contributed by atoms with E-state index < -0.39 is 5.97 Å². The van der Waals surface area contributed by atoms with Crippen molar-refractivity contribution >= 4 is 11.9 Å². The first kappa shape index (κ1) is 14.1. The molecule has 1 amide bonds. The Bertz CT molecular complexity index is 439. The maximum Gasteiger partial charge on any atom is 0.358 e. The minimum atomic E-state index is -1.07. The van der Waals surface area contributed by atoms with Crippen molar-refractivity contribution in [1.29, 1.82) is 0 Å². The summed E-state index contributed by atoms with van der Waals surface area (Å²) in [6.45, 7) is 4.27. The standard InChI is InChI=1S/C11H18N4O3/c1-7(2)10-9(11(17)18)13-14-15(10)6-4-5-8(16)12-3/h7H,4-6H2,1-3H3,(H,12,16)(H,17,18). The van der Waals surface area contributed by atoms with Crippen molar-refractivity contribution in [3.63, 3.8) is 0 Å². The van der Waals surface area contributed by atoms with Gasteiger partial charge in [0, 0.05) is 20.0 Å². The summed E-state index contributed by atoms with van der Waals surface area (Å²) in [6, 6.07) is 0. The Morgan fingerprint density at radius 3 is 2.61 bits per heavy atom. The number of aryl methyl sites for hydroxylation is 1. The van der Waals surface area contributed by atoms with Gasteiger partial charge in [0.25, 0.3) is 0 Å². The van der Waals surface area contributed by atoms with Crippen molar-refractivity contribution in [2.75, 3.05) is 7.05 Å². The molecule has 0 aliphatic rings. The zero-order chi connectivity index (χ0) is 13.7. The zero-order valence-electron chi connectivity index (χ0n) is 10.8. The first-order valence-corrected chi connectivity index (χ1v) is 5.84. The number of carboxylic acids is 1. The molecule has 1 rings (SSSR count). The molecule has 100 valence electrons. The lowest BCUT2D eigenvalue weighted by Gasteiger charge is -2.09. The molecule has 0 aliphatic heterocycles. The van der Waals surface area contributed by atoms with Crippen LogP contribution in [0.2, 0.25) is 0 Å². The normalized spacial score (nSPS) is 10.7. The van der Waals surface area contributed by atoms with Gasteiger partial charge >= 0.3 is 5.97 Å². The maximum atomic E-state index is 11.1. The minimum Gasteiger partial charge on any atom is -0.476 e. The van der Waals surface area contributed by atoms with E-state index in [1.54, 1.807) is 11.7 Å². The van der Waals surface area contributed by atoms with Gasteiger partial charge in [0.2, 0.25) is 5.91 Å². The average Bonchev–Trinajstić information content (AvgIpc) is 2.72. The summed E-state index contributed by atoms with van der Waals surface area (Å²) in [5, 5.41) is 19.0. The van der Waals surface area contributed by atoms with Gasteiger partial charge < -0.3 is 10.4 Å². The van der Waals surface area contributed by atoms with Gasteiger partial charge in [-0.15, -0.1) is 5.10 Å². The monoisotopic (exact) mass is 254 g/mol. The van der Waals surface area contributed by atoms with Gasteiger partial charge in [-0.3, -0.25) is 4.79 Å². The van der Waals surface area contributed by atoms with Crippen LogP contribution in [0.25, 0.3) is 0 Å². The first-order chi connectivity index (χ1) is 8.47. The largest absolute Gasteiger partial charge is 0.476 e. The third-order valence-corrected chi connectivity index (χ3v) is 2.58. The summed E-state index contributed by atoms with van der Waals surface area (Å²) in [4.78, 5) is 22.1. The third-order valence-electron chi connectivity index (χ3n) is 2.58. The molecule has 1 aromatic heterocycles. The van der Waals surface area contributed by atoms with Crippen LogP contribution in [0.15, 0.2) is 0 Å². The molecule has 0 atom stereocenters. The summed E-state index contributed by atoms with van der Waals surface area (Å²) in [5.41, 5.74) is 0.587. The number of nitrogens with one attached hydrogen (secondary N) is 1. The molecule has 0 aliphatic carbocycles. The predicted molar refractivity (Wildman–Crippen MR) is 64.4 cm³/mol. The molecule has 0 saturated carbocycles. The van der Waals surface area contributed by atoms with E-state index in [2.05, 4.69) is 15.6 Å². The lowest BCUT2D eigenvalue weighted by molar-refractivity contribution is -0.120. The quantitative estimate of drug-likeness (QED) is 0.775. The number of carbonyl (C=O) groups is 2. The Hall–Kier alpha value is -1.92. The van der Waals surface area contributed by atoms with E-state index in [-0.39, 0.29) is 17.5 Å². The number of rotatable bonds is 6. The molecule has 1 aromatic rings. The van der Waals surface area contributed by atoms with E-state index in [0.29, 0.717) is 25.1 Å². The van der Waals surface area contributed by atoms with Crippen molar-refractivity contribution < 1.29 is 14.7 Å². The van der Waals surface area contributed by atoms with Gasteiger partial charge in [0.05, 0.1) is 5.69 Å². The molecule has 0 radical (unpaired) electrons. The van der Waals surface area contributed by atoms with Crippen LogP contribution in [0.3, 0.4) is 0 Å². The summed E-state index contributed by atoms with van der Waals surface area (Å²) < 4.78 is 1.57. The molecule has 2 N–H and O–H groups in total. The summed E-state index contributed by atoms with van der Waals surface area (Å²) >= 11 is 0. The molecule has 0 fully saturated rings. The highest BCUT2D eigenvalue weighted by atomic mass is 16.4. The van der Waals surface area contributed by atoms with E-state index in [1.165, 1.54) is 0 Å². The van der Waals surface area contributed by atoms with Crippen LogP contribution >= 0.6 is 0 Å². The van der Waals surface area contributed by atoms with Crippen LogP contribution in [-0.2, 0) is 11.3 Å². The van der Waals surface area contributed by atoms with Crippen LogP contribution in [0.5, 0.6) is 0 Å². The van der Waals surface area contributed by atoms with E-state index in [0.717, 1.165) is 0 Å². The van der Waals surface area contributed by atoms with Crippen molar-refractivity contribution in [3.05, 3.63) is 11.4 Å². The van der Waals surface area contributed by atoms with Gasteiger partial charge in [0.1, 0.15) is 0 Å². The van der Waals surface area contributed by atoms with E-state index in [9.17, 15) is 9.59 Å². The maximum absolute atomic E-state index is 11.1. The number of nitrogens with zero attached hydrogens (tertiary/aromatic N) is 3. The van der Waals surface area contributed by atoms with Crippen molar-refractivity contribution in [1.82, 2.24) is 20.3 Å². The predicted octanol–water partition coefficient (Wildman–Crippen LogP) is 0.626. The molecule has 0 spiro atoms. The van der Waals surface area contributed by atoms with E-state index in [1.807, 2.05) is 13.8 Å². The molecule has 0 aromatic carbocycles. The van der Waals surface area contributed by atoms with Crippen LogP contribution in [-0.4, -0.2) is 39.0 Å². The van der Waals surface area contributed by atoms with Gasteiger partial charge in [-0.2, -0.15) is 0 Å². The molecule has 18 heavy (non-hydrogen) atoms. The fourth-order valence-electron chi connectivity index (χ4n) is 1.72. The zero-order valence-corrected chi connectivity index (χ0v) is 10.8. The molecule has 1 heterocycles. The number of aromatic carboxylic acids is 1. The highest BCUT2D eigenvalue weighted by Crippen LogP contribution is 2.18. The third kappa shape index (κ3) is 3.28. The second-order valence-electron chi connectivity index (χ2n) is 4.28. The number of amides is 1. The van der Waals surface area contributed by atoms with Gasteiger partial charge in [0.15, 0.2) is 5.69 Å². The summed E-state index contributed by atoms with van der Waals surface area (Å²) in [5.74, 6) is -1.10. The van der Waals surface area contributed by atoms with E-state index >= 15 is 0 Å². The van der Waals surface area contributed by atoms with Crippen molar-refractivity contribution in [2.45, 2.75) is 39.2 Å². The van der Waals surface area contributed by atoms with Crippen LogP contribution in [0.1, 0.15) is 48.8 Å². The topological polar surface area (TPSA) is 97.1 Å². The molecule has 0 saturated heterocycles. The van der Waals surface area contributed by atoms with Crippen molar-refractivity contribution in [3.8, 4) is 0 Å². The second-order valence-corrected chi connectivity index (χ2v) is 4.28. The summed E-state index contributed by atoms with van der Waals surface area (Å²) in [6.07, 6.45) is 0.984. The van der Waals surface area contributed by atoms with Crippen LogP contribution in [0, 0.1) is 0 Å². The van der Waals surface area contributed by atoms with Gasteiger partial charge in [-0.05, 0) is 12.3 Å². The fourth-order valence-corrected chi connectivity index (χ4v) is 1.72. The Morgan fingerprint density at radius 1 is 1.44 bits per heavy atom. The van der Waals surface area contributed by atoms with Gasteiger partial charge in [-0.25, -0.2) is 9.48 Å². The smallest absolute Gasteiger partial charge is 0.358 e. The Kier molecular flexibility index (Phi) is 4.82. The Morgan fingerprint density at radius 2 is 2.11 bits per heavy atom. The van der Waals surface area contributed by atoms with E-state index in [4.69, 9.17) is 5.11 Å². The average molecular weight is 254 g/mol. The lowest BCUT2D eigenvalue weighted by atomic mass is 10.1. The molecular formula is C11H18N4O3. The first-order valence-electron chi connectivity index (χ1n) is 5.84. The lowest BCUT2D eigenvalue weighted by Crippen LogP contribution is -2.18. The molecular weight excluding hydrogens is 236 g/mol. The highest BCUT2D eigenvalue weighted by Gasteiger charge is 2.21. The molecule has 7 heteroatoms. The number of aromatic nitrogens is 3. The SMILES string of the molecule is CNC(=O)CCCn1nnc(C(=O)O)c1C(C)C. The number of hydrogen-bond donors (Lipinski definition) is 2. The minimum absolute atomic E-state index is 0.00931. The Labute approximate surface area is 105 Å². The van der Waals surface area contributed by atoms with Crippen LogP contribution < -0.4 is 5.32 Å². The Balaban J connectivity index is 2.77. The van der Waals surface area contributed by atoms with Gasteiger partial charge in [-0.1, -0.05) is 19.1 Å². The molecule has 7 nitrogen and oxygen atoms in total. The highest BCUT2D eigenvalue weighted by molar-refractivity contribution is 5.86. The molecule has 0 bridgehead atoms. The van der Waals surface area contributed by atoms with Crippen LogP contribution in [0.4, 0.5) is 0 Å². The number of hydrogen-bond acceptors (Lipinski definition) is 4. The fraction of sp³-hybridized carbons (Fsp3) is 0.636. The number of carbonyl (C=O) groups excluding carboxylic acids is 1. The summed E-state index contributed by atoms with van der Waals surface area (Å²) in [7, 11) is 1.58.